The third-order valence-corrected chi connectivity index (χ3v) is 4.88. The number of H-pyrrole nitrogens is 1. The second-order valence-corrected chi connectivity index (χ2v) is 6.26. The van der Waals surface area contributed by atoms with E-state index in [-0.39, 0.29) is 11.6 Å². The molecule has 3 atom stereocenters. The second-order valence-electron chi connectivity index (χ2n) is 6.26. The van der Waals surface area contributed by atoms with E-state index in [9.17, 15) is 15.0 Å². The van der Waals surface area contributed by atoms with Crippen LogP contribution in [-0.4, -0.2) is 28.7 Å². The molecule has 5 heteroatoms. The lowest BCUT2D eigenvalue weighted by atomic mass is 9.90. The summed E-state index contributed by atoms with van der Waals surface area (Å²) in [4.78, 5) is 16.1. The predicted molar refractivity (Wildman–Crippen MR) is 83.4 cm³/mol. The highest BCUT2D eigenvalue weighted by atomic mass is 16.4. The molecule has 23 heavy (non-hydrogen) atoms. The van der Waals surface area contributed by atoms with Crippen molar-refractivity contribution in [1.29, 1.82) is 0 Å². The lowest BCUT2D eigenvalue weighted by Gasteiger charge is -2.33. The number of benzene rings is 1. The van der Waals surface area contributed by atoms with Gasteiger partial charge >= 0.3 is 0 Å². The summed E-state index contributed by atoms with van der Waals surface area (Å²) in [5, 5.41) is 22.6. The number of aliphatic hydroxyl groups excluding tert-OH is 1. The van der Waals surface area contributed by atoms with Gasteiger partial charge in [0.25, 0.3) is 0 Å². The van der Waals surface area contributed by atoms with E-state index in [4.69, 9.17) is 0 Å². The van der Waals surface area contributed by atoms with Crippen LogP contribution in [0.3, 0.4) is 0 Å². The number of rotatable bonds is 2. The van der Waals surface area contributed by atoms with Crippen molar-refractivity contribution in [3.63, 3.8) is 0 Å². The van der Waals surface area contributed by atoms with Crippen LogP contribution in [0.1, 0.15) is 24.2 Å². The zero-order valence-corrected chi connectivity index (χ0v) is 12.8. The molecule has 3 N–H and O–H groups in total. The molecule has 2 aliphatic heterocycles. The molecular weight excluding hydrogens is 292 g/mol. The Morgan fingerprint density at radius 1 is 1.43 bits per heavy atom. The van der Waals surface area contributed by atoms with E-state index in [0.717, 1.165) is 29.1 Å². The molecule has 118 valence electrons. The van der Waals surface area contributed by atoms with E-state index in [0.29, 0.717) is 5.57 Å². The number of aromatic nitrogens is 1. The Bertz CT molecular complexity index is 860. The van der Waals surface area contributed by atoms with E-state index < -0.39 is 12.1 Å². The maximum Gasteiger partial charge on any atom is 0.152 e. The second kappa shape index (κ2) is 5.08. The lowest BCUT2D eigenvalue weighted by molar-refractivity contribution is -0.877. The molecule has 1 aromatic heterocycles. The first-order valence-electron chi connectivity index (χ1n) is 7.84. The van der Waals surface area contributed by atoms with E-state index >= 15 is 0 Å². The van der Waals surface area contributed by atoms with Gasteiger partial charge in [0.15, 0.2) is 6.04 Å². The molecule has 0 saturated carbocycles. The zero-order valence-electron chi connectivity index (χ0n) is 12.8. The van der Waals surface area contributed by atoms with Crippen molar-refractivity contribution in [3.8, 4) is 0 Å². The molecule has 1 aromatic carbocycles. The summed E-state index contributed by atoms with van der Waals surface area (Å²) in [6, 6.07) is 8.06. The monoisotopic (exact) mass is 310 g/mol. The molecule has 5 nitrogen and oxygen atoms in total. The molecule has 0 saturated heterocycles. The number of carboxylic acid groups (broad SMARTS) is 1. The number of aliphatic hydroxyl groups is 1. The van der Waals surface area contributed by atoms with Crippen molar-refractivity contribution in [3.05, 3.63) is 58.9 Å². The van der Waals surface area contributed by atoms with Gasteiger partial charge in [-0.2, -0.15) is 0 Å². The van der Waals surface area contributed by atoms with Crippen LogP contribution in [0.5, 0.6) is 0 Å². The maximum absolute atomic E-state index is 11.5. The number of hydrogen-bond donors (Lipinski definition) is 3. The van der Waals surface area contributed by atoms with Gasteiger partial charge in [0, 0.05) is 28.5 Å². The van der Waals surface area contributed by atoms with Gasteiger partial charge in [0.1, 0.15) is 6.20 Å². The van der Waals surface area contributed by atoms with Crippen molar-refractivity contribution in [1.82, 2.24) is 4.98 Å². The van der Waals surface area contributed by atoms with Gasteiger partial charge in [-0.3, -0.25) is 4.90 Å². The summed E-state index contributed by atoms with van der Waals surface area (Å²) in [5.74, 6) is -1.24. The SMILES string of the molecule is CC(O)C1=C[NH+]2CCc3c([nH]c4ccccc34)C2C=C1C(=O)[O-]. The van der Waals surface area contributed by atoms with Crippen LogP contribution >= 0.6 is 0 Å². The Morgan fingerprint density at radius 2 is 2.22 bits per heavy atom. The Labute approximate surface area is 133 Å². The van der Waals surface area contributed by atoms with Crippen LogP contribution in [0.2, 0.25) is 0 Å². The van der Waals surface area contributed by atoms with Crippen molar-refractivity contribution >= 4 is 16.9 Å². The minimum absolute atomic E-state index is 0.0819. The smallest absolute Gasteiger partial charge is 0.152 e. The molecule has 2 aromatic rings. The fourth-order valence-corrected chi connectivity index (χ4v) is 3.79. The summed E-state index contributed by atoms with van der Waals surface area (Å²) in [7, 11) is 0. The van der Waals surface area contributed by atoms with Gasteiger partial charge in [0.05, 0.1) is 24.3 Å². The first-order valence-corrected chi connectivity index (χ1v) is 7.84. The fourth-order valence-electron chi connectivity index (χ4n) is 3.79. The zero-order chi connectivity index (χ0) is 16.1. The predicted octanol–water partition coefficient (Wildman–Crippen LogP) is -0.395. The van der Waals surface area contributed by atoms with Crippen LogP contribution in [0.25, 0.3) is 10.9 Å². The van der Waals surface area contributed by atoms with Gasteiger partial charge in [-0.1, -0.05) is 18.2 Å². The average Bonchev–Trinajstić information content (AvgIpc) is 2.92. The molecule has 0 aliphatic carbocycles. The Hall–Kier alpha value is -2.37. The number of carboxylic acids is 1. The van der Waals surface area contributed by atoms with Crippen LogP contribution < -0.4 is 10.0 Å². The van der Waals surface area contributed by atoms with Crippen molar-refractivity contribution in [2.75, 3.05) is 6.54 Å². The fraction of sp³-hybridized carbons (Fsp3) is 0.278. The van der Waals surface area contributed by atoms with Crippen LogP contribution in [0, 0.1) is 0 Å². The van der Waals surface area contributed by atoms with Crippen LogP contribution in [0.15, 0.2) is 47.7 Å². The first-order chi connectivity index (χ1) is 11.1. The van der Waals surface area contributed by atoms with Gasteiger partial charge in [-0.05, 0) is 24.6 Å². The number of nitrogens with one attached hydrogen (secondary N) is 2. The van der Waals surface area contributed by atoms with E-state index in [2.05, 4.69) is 11.1 Å². The minimum Gasteiger partial charge on any atom is -0.545 e. The van der Waals surface area contributed by atoms with Gasteiger partial charge in [0.2, 0.25) is 0 Å². The standard InChI is InChI=1S/C18H18N2O3/c1-10(21)14-9-20-7-6-12-11-4-2-3-5-15(11)19-17(12)16(20)8-13(14)18(22)23/h2-5,8-10,16,19,21H,6-7H2,1H3,(H,22,23). The molecule has 2 aliphatic rings. The number of quaternary nitrogens is 1. The number of carbonyl (C=O) groups is 1. The van der Waals surface area contributed by atoms with Gasteiger partial charge in [-0.15, -0.1) is 0 Å². The summed E-state index contributed by atoms with van der Waals surface area (Å²) >= 11 is 0. The van der Waals surface area contributed by atoms with Gasteiger partial charge < -0.3 is 20.0 Å². The third kappa shape index (κ3) is 2.12. The molecule has 0 amide bonds. The summed E-state index contributed by atoms with van der Waals surface area (Å²) in [6.45, 7) is 2.45. The Balaban J connectivity index is 1.87. The van der Waals surface area contributed by atoms with Crippen molar-refractivity contribution in [2.45, 2.75) is 25.5 Å². The Kier molecular flexibility index (Phi) is 3.14. The number of para-hydroxylation sites is 1. The highest BCUT2D eigenvalue weighted by Crippen LogP contribution is 2.31. The summed E-state index contributed by atoms with van der Waals surface area (Å²) in [6.07, 6.45) is 3.66. The quantitative estimate of drug-likeness (QED) is 0.706. The number of fused-ring (bicyclic) bond motifs is 5. The van der Waals surface area contributed by atoms with Crippen molar-refractivity contribution < 1.29 is 19.9 Å². The van der Waals surface area contributed by atoms with E-state index in [1.165, 1.54) is 10.9 Å². The van der Waals surface area contributed by atoms with Crippen LogP contribution in [-0.2, 0) is 11.2 Å². The number of aliphatic carboxylic acids is 1. The molecular formula is C18H18N2O3. The Morgan fingerprint density at radius 3 is 2.96 bits per heavy atom. The number of hydrogen-bond acceptors (Lipinski definition) is 3. The molecule has 0 fully saturated rings. The summed E-state index contributed by atoms with van der Waals surface area (Å²) in [5.41, 5.74) is 3.94. The number of aromatic amines is 1. The summed E-state index contributed by atoms with van der Waals surface area (Å²) < 4.78 is 0. The average molecular weight is 310 g/mol. The molecule has 0 bridgehead atoms. The number of carbonyl (C=O) groups excluding carboxylic acids is 1. The first kappa shape index (κ1) is 14.2. The maximum atomic E-state index is 11.5. The van der Waals surface area contributed by atoms with Crippen molar-refractivity contribution in [2.24, 2.45) is 0 Å². The highest BCUT2D eigenvalue weighted by molar-refractivity contribution is 5.91. The van der Waals surface area contributed by atoms with E-state index in [1.54, 1.807) is 13.0 Å². The van der Waals surface area contributed by atoms with Gasteiger partial charge in [-0.25, -0.2) is 0 Å². The third-order valence-electron chi connectivity index (χ3n) is 4.88. The highest BCUT2D eigenvalue weighted by Gasteiger charge is 2.36. The normalized spacial score (nSPS) is 24.4. The molecule has 0 spiro atoms. The van der Waals surface area contributed by atoms with Crippen LogP contribution in [0.4, 0.5) is 0 Å². The molecule has 3 heterocycles. The topological polar surface area (TPSA) is 80.6 Å². The lowest BCUT2D eigenvalue weighted by Crippen LogP contribution is -3.09. The molecule has 4 rings (SSSR count). The molecule has 3 unspecified atom stereocenters. The minimum atomic E-state index is -1.24. The molecule has 0 radical (unpaired) electrons. The largest absolute Gasteiger partial charge is 0.545 e. The van der Waals surface area contributed by atoms with E-state index in [1.807, 2.05) is 24.4 Å².